The molecule has 0 spiro atoms. The molecule has 3 aromatic heterocycles. The summed E-state index contributed by atoms with van der Waals surface area (Å²) in [5.74, 6) is 0.681. The summed E-state index contributed by atoms with van der Waals surface area (Å²) in [6.07, 6.45) is 4.09. The van der Waals surface area contributed by atoms with E-state index in [4.69, 9.17) is 4.74 Å². The normalized spacial score (nSPS) is 12.5. The molecule has 7 nitrogen and oxygen atoms in total. The van der Waals surface area contributed by atoms with Crippen LogP contribution < -0.4 is 10.3 Å². The molecule has 3 heterocycles. The van der Waals surface area contributed by atoms with Gasteiger partial charge in [0, 0.05) is 23.3 Å². The highest BCUT2D eigenvalue weighted by Gasteiger charge is 2.12. The Bertz CT molecular complexity index is 1090. The van der Waals surface area contributed by atoms with Gasteiger partial charge in [-0.3, -0.25) is 9.78 Å². The van der Waals surface area contributed by atoms with E-state index in [1.54, 1.807) is 18.3 Å². The molecule has 1 aromatic carbocycles. The van der Waals surface area contributed by atoms with E-state index in [0.717, 1.165) is 10.9 Å². The number of aromatic amines is 1. The Balaban J connectivity index is 1.49. The van der Waals surface area contributed by atoms with Crippen molar-refractivity contribution in [1.29, 1.82) is 0 Å². The van der Waals surface area contributed by atoms with Gasteiger partial charge in [0.15, 0.2) is 0 Å². The van der Waals surface area contributed by atoms with Crippen molar-refractivity contribution in [1.82, 2.24) is 19.7 Å². The van der Waals surface area contributed by atoms with Crippen LogP contribution in [0.1, 0.15) is 0 Å². The van der Waals surface area contributed by atoms with Crippen LogP contribution in [0.3, 0.4) is 0 Å². The van der Waals surface area contributed by atoms with Crippen LogP contribution in [-0.2, 0) is 6.54 Å². The van der Waals surface area contributed by atoms with Gasteiger partial charge in [-0.25, -0.2) is 4.68 Å². The van der Waals surface area contributed by atoms with Gasteiger partial charge in [-0.05, 0) is 30.3 Å². The lowest BCUT2D eigenvalue weighted by Gasteiger charge is -2.14. The highest BCUT2D eigenvalue weighted by molar-refractivity contribution is 5.85. The van der Waals surface area contributed by atoms with Gasteiger partial charge in [-0.15, -0.1) is 0 Å². The van der Waals surface area contributed by atoms with Crippen molar-refractivity contribution in [2.45, 2.75) is 12.6 Å². The molecule has 1 atom stereocenters. The third kappa shape index (κ3) is 2.97. The molecule has 25 heavy (non-hydrogen) atoms. The van der Waals surface area contributed by atoms with Gasteiger partial charge in [0.25, 0.3) is 5.56 Å². The summed E-state index contributed by atoms with van der Waals surface area (Å²) in [6.45, 7) is 0.107. The predicted molar refractivity (Wildman–Crippen MR) is 93.6 cm³/mol. The fourth-order valence-electron chi connectivity index (χ4n) is 2.77. The van der Waals surface area contributed by atoms with Crippen molar-refractivity contribution in [3.8, 4) is 5.75 Å². The zero-order valence-electron chi connectivity index (χ0n) is 13.3. The second-order valence-corrected chi connectivity index (χ2v) is 5.73. The number of pyridine rings is 1. The largest absolute Gasteiger partial charge is 0.490 e. The SMILES string of the molecule is O=c1c2cccnc2cnn1CC(O)COc1cccc2[nH]ccc12. The molecule has 0 fully saturated rings. The molecule has 0 saturated heterocycles. The van der Waals surface area contributed by atoms with Crippen molar-refractivity contribution in [2.75, 3.05) is 6.61 Å². The monoisotopic (exact) mass is 336 g/mol. The molecule has 0 amide bonds. The average Bonchev–Trinajstić information content (AvgIpc) is 3.12. The first-order chi connectivity index (χ1) is 12.2. The maximum atomic E-state index is 12.4. The number of aromatic nitrogens is 4. The fraction of sp³-hybridized carbons (Fsp3) is 0.167. The summed E-state index contributed by atoms with van der Waals surface area (Å²) in [5.41, 5.74) is 1.22. The Hall–Kier alpha value is -3.19. The highest BCUT2D eigenvalue weighted by atomic mass is 16.5. The van der Waals surface area contributed by atoms with E-state index in [1.165, 1.54) is 10.9 Å². The molecule has 0 radical (unpaired) electrons. The number of nitrogens with zero attached hydrogens (tertiary/aromatic N) is 3. The number of nitrogens with one attached hydrogen (secondary N) is 1. The van der Waals surface area contributed by atoms with Crippen LogP contribution >= 0.6 is 0 Å². The molecule has 126 valence electrons. The molecule has 4 aromatic rings. The van der Waals surface area contributed by atoms with Gasteiger partial charge in [0.2, 0.25) is 0 Å². The number of fused-ring (bicyclic) bond motifs is 2. The summed E-state index contributed by atoms with van der Waals surface area (Å²) < 4.78 is 6.94. The van der Waals surface area contributed by atoms with Gasteiger partial charge in [0.1, 0.15) is 18.5 Å². The molecule has 0 saturated carbocycles. The van der Waals surface area contributed by atoms with E-state index in [2.05, 4.69) is 15.1 Å². The van der Waals surface area contributed by atoms with Gasteiger partial charge >= 0.3 is 0 Å². The molecular weight excluding hydrogens is 320 g/mol. The Kier molecular flexibility index (Phi) is 3.91. The number of rotatable bonds is 5. The van der Waals surface area contributed by atoms with Crippen LogP contribution in [0.4, 0.5) is 0 Å². The van der Waals surface area contributed by atoms with E-state index in [0.29, 0.717) is 16.7 Å². The first kappa shape index (κ1) is 15.3. The van der Waals surface area contributed by atoms with Crippen molar-refractivity contribution in [2.24, 2.45) is 0 Å². The molecule has 0 aliphatic carbocycles. The molecule has 0 aliphatic heterocycles. The molecule has 0 bridgehead atoms. The maximum absolute atomic E-state index is 12.4. The molecular formula is C18H16N4O3. The smallest absolute Gasteiger partial charge is 0.276 e. The Morgan fingerprint density at radius 3 is 3.04 bits per heavy atom. The van der Waals surface area contributed by atoms with Crippen LogP contribution in [0, 0.1) is 0 Å². The van der Waals surface area contributed by atoms with Crippen molar-refractivity contribution >= 4 is 21.8 Å². The summed E-state index contributed by atoms with van der Waals surface area (Å²) in [6, 6.07) is 11.0. The first-order valence-corrected chi connectivity index (χ1v) is 7.90. The number of H-pyrrole nitrogens is 1. The van der Waals surface area contributed by atoms with Crippen molar-refractivity contribution in [3.05, 3.63) is 65.3 Å². The number of aliphatic hydroxyl groups excluding tert-OH is 1. The van der Waals surface area contributed by atoms with Gasteiger partial charge in [-0.2, -0.15) is 5.10 Å². The van der Waals surface area contributed by atoms with E-state index in [-0.39, 0.29) is 18.7 Å². The Morgan fingerprint density at radius 1 is 1.20 bits per heavy atom. The summed E-state index contributed by atoms with van der Waals surface area (Å²) in [5, 5.41) is 15.7. The van der Waals surface area contributed by atoms with Crippen LogP contribution in [0.15, 0.2) is 59.8 Å². The topological polar surface area (TPSA) is 93.0 Å². The van der Waals surface area contributed by atoms with E-state index in [9.17, 15) is 9.90 Å². The summed E-state index contributed by atoms with van der Waals surface area (Å²) in [7, 11) is 0. The average molecular weight is 336 g/mol. The third-order valence-electron chi connectivity index (χ3n) is 3.99. The van der Waals surface area contributed by atoms with Crippen LogP contribution in [-0.4, -0.2) is 37.6 Å². The zero-order valence-corrected chi connectivity index (χ0v) is 13.3. The van der Waals surface area contributed by atoms with Crippen molar-refractivity contribution < 1.29 is 9.84 Å². The summed E-state index contributed by atoms with van der Waals surface area (Å²) in [4.78, 5) is 19.6. The van der Waals surface area contributed by atoms with Crippen LogP contribution in [0.2, 0.25) is 0 Å². The Morgan fingerprint density at radius 2 is 2.12 bits per heavy atom. The van der Waals surface area contributed by atoms with Gasteiger partial charge in [-0.1, -0.05) is 6.07 Å². The number of ether oxygens (including phenoxy) is 1. The first-order valence-electron chi connectivity index (χ1n) is 7.90. The number of aliphatic hydroxyl groups is 1. The van der Waals surface area contributed by atoms with E-state index >= 15 is 0 Å². The lowest BCUT2D eigenvalue weighted by atomic mass is 10.2. The van der Waals surface area contributed by atoms with E-state index in [1.807, 2.05) is 30.5 Å². The molecule has 2 N–H and O–H groups in total. The van der Waals surface area contributed by atoms with Crippen LogP contribution in [0.5, 0.6) is 5.75 Å². The quantitative estimate of drug-likeness (QED) is 0.579. The van der Waals surface area contributed by atoms with Crippen molar-refractivity contribution in [3.63, 3.8) is 0 Å². The van der Waals surface area contributed by atoms with Crippen LogP contribution in [0.25, 0.3) is 21.8 Å². The van der Waals surface area contributed by atoms with E-state index < -0.39 is 6.10 Å². The lowest BCUT2D eigenvalue weighted by molar-refractivity contribution is 0.0888. The molecule has 1 unspecified atom stereocenters. The predicted octanol–water partition coefficient (Wildman–Crippen LogP) is 1.71. The fourth-order valence-corrected chi connectivity index (χ4v) is 2.77. The third-order valence-corrected chi connectivity index (χ3v) is 3.99. The van der Waals surface area contributed by atoms with Gasteiger partial charge < -0.3 is 14.8 Å². The molecule has 7 heteroatoms. The minimum absolute atomic E-state index is 0.0484. The Labute approximate surface area is 142 Å². The number of hydrogen-bond donors (Lipinski definition) is 2. The minimum atomic E-state index is -0.867. The second-order valence-electron chi connectivity index (χ2n) is 5.73. The lowest BCUT2D eigenvalue weighted by Crippen LogP contribution is -2.31. The second kappa shape index (κ2) is 6.37. The molecule has 4 rings (SSSR count). The zero-order chi connectivity index (χ0) is 17.2. The minimum Gasteiger partial charge on any atom is -0.490 e. The maximum Gasteiger partial charge on any atom is 0.276 e. The molecule has 0 aliphatic rings. The standard InChI is InChI=1S/C18H16N4O3/c23-12(11-25-17-5-1-4-15-13(17)6-8-20-15)10-22-18(24)14-3-2-7-19-16(14)9-21-22/h1-9,12,20,23H,10-11H2. The number of benzene rings is 1. The number of hydrogen-bond acceptors (Lipinski definition) is 5. The highest BCUT2D eigenvalue weighted by Crippen LogP contribution is 2.24. The summed E-state index contributed by atoms with van der Waals surface area (Å²) >= 11 is 0. The van der Waals surface area contributed by atoms with Gasteiger partial charge in [0.05, 0.1) is 23.6 Å².